The molecule has 0 N–H and O–H groups in total. The van der Waals surface area contributed by atoms with Crippen LogP contribution in [0.15, 0.2) is 42.5 Å². The van der Waals surface area contributed by atoms with Gasteiger partial charge in [0.05, 0.1) is 5.02 Å². The zero-order valence-corrected chi connectivity index (χ0v) is 12.7. The summed E-state index contributed by atoms with van der Waals surface area (Å²) in [6, 6.07) is 12.3. The first-order valence-corrected chi connectivity index (χ1v) is 6.95. The fourth-order valence-electron chi connectivity index (χ4n) is 1.78. The highest BCUT2D eigenvalue weighted by Gasteiger charge is 2.19. The summed E-state index contributed by atoms with van der Waals surface area (Å²) in [6.07, 6.45) is -0.614. The van der Waals surface area contributed by atoms with Crippen molar-refractivity contribution in [1.82, 2.24) is 0 Å². The molecule has 0 spiro atoms. The average Bonchev–Trinajstić information content (AvgIpc) is 2.40. The van der Waals surface area contributed by atoms with Crippen LogP contribution in [0.2, 0.25) is 10.0 Å². The predicted octanol–water partition coefficient (Wildman–Crippen LogP) is 4.95. The minimum atomic E-state index is -0.614. The maximum atomic E-state index is 12.3. The number of carbonyl (C=O) groups is 1. The smallest absolute Gasteiger partial charge is 0.204 e. The molecule has 2 aromatic carbocycles. The van der Waals surface area contributed by atoms with E-state index in [9.17, 15) is 4.79 Å². The van der Waals surface area contributed by atoms with Gasteiger partial charge < -0.3 is 4.74 Å². The molecule has 0 aromatic heterocycles. The molecule has 0 heterocycles. The Kier molecular flexibility index (Phi) is 4.69. The van der Waals surface area contributed by atoms with Crippen LogP contribution in [0.5, 0.6) is 5.75 Å². The molecule has 2 nitrogen and oxygen atoms in total. The third-order valence-electron chi connectivity index (χ3n) is 2.90. The Morgan fingerprint density at radius 3 is 2.35 bits per heavy atom. The van der Waals surface area contributed by atoms with Gasteiger partial charge in [0.1, 0.15) is 5.75 Å². The highest BCUT2D eigenvalue weighted by molar-refractivity contribution is 6.37. The van der Waals surface area contributed by atoms with Crippen molar-refractivity contribution in [1.29, 1.82) is 0 Å². The van der Waals surface area contributed by atoms with Crippen molar-refractivity contribution in [3.63, 3.8) is 0 Å². The van der Waals surface area contributed by atoms with Gasteiger partial charge in [0.25, 0.3) is 0 Å². The third kappa shape index (κ3) is 3.53. The van der Waals surface area contributed by atoms with Gasteiger partial charge in [-0.05, 0) is 44.2 Å². The van der Waals surface area contributed by atoms with Crippen LogP contribution < -0.4 is 4.74 Å². The summed E-state index contributed by atoms with van der Waals surface area (Å²) in [5, 5.41) is 0.834. The number of hydrogen-bond donors (Lipinski definition) is 0. The highest BCUT2D eigenvalue weighted by atomic mass is 35.5. The molecular formula is C16H14Cl2O2. The molecule has 1 atom stereocenters. The molecule has 0 fully saturated rings. The largest absolute Gasteiger partial charge is 0.483 e. The summed E-state index contributed by atoms with van der Waals surface area (Å²) >= 11 is 11.9. The van der Waals surface area contributed by atoms with Gasteiger partial charge in [0.2, 0.25) is 5.78 Å². The van der Waals surface area contributed by atoms with Crippen molar-refractivity contribution in [3.8, 4) is 5.75 Å². The second-order valence-corrected chi connectivity index (χ2v) is 5.41. The lowest BCUT2D eigenvalue weighted by Crippen LogP contribution is -2.24. The molecule has 104 valence electrons. The minimum Gasteiger partial charge on any atom is -0.483 e. The highest BCUT2D eigenvalue weighted by Crippen LogP contribution is 2.23. The molecule has 2 aromatic rings. The fraction of sp³-hybridized carbons (Fsp3) is 0.188. The van der Waals surface area contributed by atoms with Crippen LogP contribution in [-0.2, 0) is 0 Å². The number of hydrogen-bond acceptors (Lipinski definition) is 2. The number of ketones is 1. The number of halogens is 2. The van der Waals surface area contributed by atoms with Crippen molar-refractivity contribution < 1.29 is 9.53 Å². The Balaban J connectivity index is 2.14. The van der Waals surface area contributed by atoms with E-state index in [1.807, 2.05) is 31.2 Å². The maximum Gasteiger partial charge on any atom is 0.204 e. The lowest BCUT2D eigenvalue weighted by molar-refractivity contribution is 0.0818. The van der Waals surface area contributed by atoms with Crippen LogP contribution in [0.3, 0.4) is 0 Å². The van der Waals surface area contributed by atoms with Crippen LogP contribution in [0, 0.1) is 6.92 Å². The van der Waals surface area contributed by atoms with Gasteiger partial charge in [-0.15, -0.1) is 0 Å². The van der Waals surface area contributed by atoms with Crippen LogP contribution in [-0.4, -0.2) is 11.9 Å². The number of aryl methyl sites for hydroxylation is 1. The molecule has 4 heteroatoms. The van der Waals surface area contributed by atoms with E-state index < -0.39 is 6.10 Å². The van der Waals surface area contributed by atoms with Gasteiger partial charge in [-0.25, -0.2) is 0 Å². The molecule has 0 bridgehead atoms. The minimum absolute atomic E-state index is 0.174. The van der Waals surface area contributed by atoms with E-state index in [0.29, 0.717) is 21.4 Å². The monoisotopic (exact) mass is 308 g/mol. The van der Waals surface area contributed by atoms with Gasteiger partial charge in [0.15, 0.2) is 6.10 Å². The second-order valence-electron chi connectivity index (χ2n) is 4.56. The molecule has 0 saturated heterocycles. The first-order chi connectivity index (χ1) is 9.47. The molecule has 0 aliphatic rings. The average molecular weight is 309 g/mol. The van der Waals surface area contributed by atoms with E-state index >= 15 is 0 Å². The SMILES string of the molecule is Cc1ccc(OC(C)C(=O)c2ccc(Cl)cc2Cl)cc1. The molecule has 0 amide bonds. The number of Topliss-reactive ketones (excluding diaryl/α,β-unsaturated/α-hetero) is 1. The van der Waals surface area contributed by atoms with Crippen LogP contribution in [0.25, 0.3) is 0 Å². The van der Waals surface area contributed by atoms with Gasteiger partial charge in [-0.1, -0.05) is 40.9 Å². The Morgan fingerprint density at radius 2 is 1.75 bits per heavy atom. The summed E-state index contributed by atoms with van der Waals surface area (Å²) in [4.78, 5) is 12.3. The summed E-state index contributed by atoms with van der Waals surface area (Å²) in [7, 11) is 0. The quantitative estimate of drug-likeness (QED) is 0.747. The molecule has 0 radical (unpaired) electrons. The third-order valence-corrected chi connectivity index (χ3v) is 3.45. The summed E-state index contributed by atoms with van der Waals surface area (Å²) in [6.45, 7) is 3.69. The van der Waals surface area contributed by atoms with E-state index in [-0.39, 0.29) is 5.78 Å². The molecule has 1 unspecified atom stereocenters. The fourth-order valence-corrected chi connectivity index (χ4v) is 2.28. The summed E-state index contributed by atoms with van der Waals surface area (Å²) in [5.74, 6) is 0.480. The molecule has 20 heavy (non-hydrogen) atoms. The first-order valence-electron chi connectivity index (χ1n) is 6.20. The predicted molar refractivity (Wildman–Crippen MR) is 82.1 cm³/mol. The Labute approximate surface area is 128 Å². The van der Waals surface area contributed by atoms with Crippen molar-refractivity contribution >= 4 is 29.0 Å². The number of rotatable bonds is 4. The lowest BCUT2D eigenvalue weighted by atomic mass is 10.1. The Hall–Kier alpha value is -1.51. The Bertz CT molecular complexity index is 621. The Morgan fingerprint density at radius 1 is 1.10 bits per heavy atom. The maximum absolute atomic E-state index is 12.3. The van der Waals surface area contributed by atoms with Gasteiger partial charge in [-0.2, -0.15) is 0 Å². The number of ether oxygens (including phenoxy) is 1. The van der Waals surface area contributed by atoms with E-state index in [2.05, 4.69) is 0 Å². The van der Waals surface area contributed by atoms with E-state index in [4.69, 9.17) is 27.9 Å². The van der Waals surface area contributed by atoms with Gasteiger partial charge in [-0.3, -0.25) is 4.79 Å². The van der Waals surface area contributed by atoms with E-state index in [0.717, 1.165) is 5.56 Å². The molecule has 2 rings (SSSR count). The number of benzene rings is 2. The normalized spacial score (nSPS) is 12.0. The van der Waals surface area contributed by atoms with Gasteiger partial charge in [0, 0.05) is 10.6 Å². The number of carbonyl (C=O) groups excluding carboxylic acids is 1. The molecule has 0 saturated carbocycles. The van der Waals surface area contributed by atoms with Crippen molar-refractivity contribution in [2.75, 3.05) is 0 Å². The van der Waals surface area contributed by atoms with Crippen LogP contribution in [0.4, 0.5) is 0 Å². The van der Waals surface area contributed by atoms with E-state index in [1.54, 1.807) is 25.1 Å². The molecule has 0 aliphatic carbocycles. The molecule has 0 aliphatic heterocycles. The lowest BCUT2D eigenvalue weighted by Gasteiger charge is -2.14. The van der Waals surface area contributed by atoms with Crippen molar-refractivity contribution in [2.24, 2.45) is 0 Å². The zero-order valence-electron chi connectivity index (χ0n) is 11.2. The zero-order chi connectivity index (χ0) is 14.7. The summed E-state index contributed by atoms with van der Waals surface area (Å²) in [5.41, 5.74) is 1.55. The topological polar surface area (TPSA) is 26.3 Å². The van der Waals surface area contributed by atoms with Gasteiger partial charge >= 0.3 is 0 Å². The van der Waals surface area contributed by atoms with Crippen LogP contribution >= 0.6 is 23.2 Å². The molecular weight excluding hydrogens is 295 g/mol. The standard InChI is InChI=1S/C16H14Cl2O2/c1-10-3-6-13(7-4-10)20-11(2)16(19)14-8-5-12(17)9-15(14)18/h3-9,11H,1-2H3. The second kappa shape index (κ2) is 6.29. The first kappa shape index (κ1) is 14.9. The summed E-state index contributed by atoms with van der Waals surface area (Å²) < 4.78 is 5.63. The van der Waals surface area contributed by atoms with E-state index in [1.165, 1.54) is 0 Å². The van der Waals surface area contributed by atoms with Crippen molar-refractivity contribution in [2.45, 2.75) is 20.0 Å². The van der Waals surface area contributed by atoms with Crippen molar-refractivity contribution in [3.05, 3.63) is 63.6 Å². The van der Waals surface area contributed by atoms with Crippen LogP contribution in [0.1, 0.15) is 22.8 Å².